The molecule has 8 nitrogen and oxygen atoms in total. The first-order valence-corrected chi connectivity index (χ1v) is 9.45. The van der Waals surface area contributed by atoms with Crippen molar-refractivity contribution in [3.63, 3.8) is 0 Å². The first-order valence-electron chi connectivity index (χ1n) is 9.45. The van der Waals surface area contributed by atoms with E-state index in [9.17, 15) is 14.4 Å². The average molecular weight is 410 g/mol. The van der Waals surface area contributed by atoms with Crippen LogP contribution in [0.5, 0.6) is 5.75 Å². The number of ether oxygens (including phenoxy) is 1. The van der Waals surface area contributed by atoms with Crippen LogP contribution in [-0.2, 0) is 16.0 Å². The van der Waals surface area contributed by atoms with Crippen molar-refractivity contribution in [2.75, 3.05) is 0 Å². The van der Waals surface area contributed by atoms with E-state index in [1.807, 2.05) is 6.07 Å². The molecule has 2 N–H and O–H groups in total. The van der Waals surface area contributed by atoms with Gasteiger partial charge in [0.15, 0.2) is 0 Å². The Kier molecular flexibility index (Phi) is 3.92. The van der Waals surface area contributed by atoms with Gasteiger partial charge in [0, 0.05) is 23.3 Å². The summed E-state index contributed by atoms with van der Waals surface area (Å²) in [5.74, 6) is 4.00. The minimum absolute atomic E-state index is 0.0493. The number of nitrogens with zero attached hydrogens (tertiary/aromatic N) is 2. The van der Waals surface area contributed by atoms with E-state index in [-0.39, 0.29) is 6.42 Å². The molecule has 0 atom stereocenters. The number of carbonyl (C=O) groups excluding carboxylic acids is 3. The Balaban J connectivity index is 1.78. The lowest BCUT2D eigenvalue weighted by atomic mass is 9.89. The van der Waals surface area contributed by atoms with Crippen molar-refractivity contribution in [1.29, 1.82) is 0 Å². The van der Waals surface area contributed by atoms with Gasteiger partial charge in [0.2, 0.25) is 0 Å². The number of benzene rings is 2. The number of rotatable bonds is 2. The van der Waals surface area contributed by atoms with Crippen molar-refractivity contribution in [3.8, 4) is 30.4 Å². The van der Waals surface area contributed by atoms with Gasteiger partial charge >= 0.3 is 6.03 Å². The molecule has 0 saturated carbocycles. The zero-order chi connectivity index (χ0) is 21.8. The number of urea groups is 1. The molecule has 0 radical (unpaired) electrons. The fourth-order valence-corrected chi connectivity index (χ4v) is 4.23. The molecular weight excluding hydrogens is 396 g/mol. The van der Waals surface area contributed by atoms with Crippen molar-refractivity contribution >= 4 is 46.1 Å². The van der Waals surface area contributed by atoms with E-state index in [1.165, 1.54) is 0 Å². The molecule has 3 heterocycles. The van der Waals surface area contributed by atoms with Crippen LogP contribution in [0.4, 0.5) is 10.5 Å². The lowest BCUT2D eigenvalue weighted by molar-refractivity contribution is -0.151. The van der Waals surface area contributed by atoms with Crippen LogP contribution in [0.15, 0.2) is 28.4 Å². The van der Waals surface area contributed by atoms with Crippen LogP contribution < -0.4 is 25.8 Å². The van der Waals surface area contributed by atoms with Gasteiger partial charge in [-0.25, -0.2) is 4.79 Å². The van der Waals surface area contributed by atoms with E-state index >= 15 is 0 Å². The summed E-state index contributed by atoms with van der Waals surface area (Å²) in [6.07, 6.45) is 13.5. The van der Waals surface area contributed by atoms with Gasteiger partial charge in [-0.2, -0.15) is 10.2 Å². The zero-order valence-electron chi connectivity index (χ0n) is 16.1. The summed E-state index contributed by atoms with van der Waals surface area (Å²) in [4.78, 5) is 36.4. The number of terminal acetylenes is 2. The minimum atomic E-state index is -1.84. The topological polar surface area (TPSA) is 109 Å². The van der Waals surface area contributed by atoms with Gasteiger partial charge in [-0.15, -0.1) is 24.7 Å². The van der Waals surface area contributed by atoms with E-state index in [0.29, 0.717) is 35.2 Å². The Morgan fingerprint density at radius 1 is 1.06 bits per heavy atom. The number of hydrogen-bond donors (Lipinski definition) is 2. The van der Waals surface area contributed by atoms with E-state index in [4.69, 9.17) is 17.6 Å². The van der Waals surface area contributed by atoms with Crippen LogP contribution in [0.3, 0.4) is 0 Å². The molecule has 0 unspecified atom stereocenters. The highest BCUT2D eigenvalue weighted by Crippen LogP contribution is 2.32. The van der Waals surface area contributed by atoms with Crippen molar-refractivity contribution in [2.45, 2.75) is 24.9 Å². The molecule has 2 aromatic carbocycles. The maximum atomic E-state index is 12.5. The first kappa shape index (κ1) is 18.6. The highest BCUT2D eigenvalue weighted by atomic mass is 16.5. The van der Waals surface area contributed by atoms with Gasteiger partial charge in [0.25, 0.3) is 17.4 Å². The monoisotopic (exact) mass is 410 g/mol. The third-order valence-electron chi connectivity index (χ3n) is 5.57. The summed E-state index contributed by atoms with van der Waals surface area (Å²) in [6, 6.07) is 4.51. The summed E-state index contributed by atoms with van der Waals surface area (Å²) in [7, 11) is 0. The quantitative estimate of drug-likeness (QED) is 0.567. The minimum Gasteiger partial charge on any atom is -0.466 e. The van der Waals surface area contributed by atoms with E-state index in [2.05, 4.69) is 32.7 Å². The molecule has 1 fully saturated rings. The highest BCUT2D eigenvalue weighted by molar-refractivity contribution is 6.22. The fraction of sp³-hybridized carbons (Fsp3) is 0.174. The maximum Gasteiger partial charge on any atom is 0.328 e. The average Bonchev–Trinajstić information content (AvgIpc) is 3.14. The van der Waals surface area contributed by atoms with Crippen molar-refractivity contribution in [2.24, 2.45) is 10.2 Å². The Labute approximate surface area is 176 Å². The maximum absolute atomic E-state index is 12.5. The molecule has 2 aromatic rings. The number of carbonyl (C=O) groups is 3. The second kappa shape index (κ2) is 6.54. The van der Waals surface area contributed by atoms with Gasteiger partial charge in [-0.3, -0.25) is 20.2 Å². The fourth-order valence-electron chi connectivity index (χ4n) is 4.23. The number of azo groups is 1. The van der Waals surface area contributed by atoms with Crippen LogP contribution in [0, 0.1) is 24.7 Å². The van der Waals surface area contributed by atoms with Gasteiger partial charge in [0.1, 0.15) is 5.75 Å². The number of hydrogen-bond acceptors (Lipinski definition) is 6. The van der Waals surface area contributed by atoms with E-state index in [0.717, 1.165) is 21.6 Å². The summed E-state index contributed by atoms with van der Waals surface area (Å²) in [5.41, 5.74) is 0.356. The molecule has 0 aromatic heterocycles. The molecule has 8 heteroatoms. The van der Waals surface area contributed by atoms with Crippen LogP contribution >= 0.6 is 0 Å². The van der Waals surface area contributed by atoms with Gasteiger partial charge in [-0.05, 0) is 28.5 Å². The lowest BCUT2D eigenvalue weighted by Crippen LogP contribution is -2.69. The first-order chi connectivity index (χ1) is 15.0. The smallest absolute Gasteiger partial charge is 0.328 e. The summed E-state index contributed by atoms with van der Waals surface area (Å²) in [6.45, 7) is 0. The van der Waals surface area contributed by atoms with Crippen LogP contribution in [0.25, 0.3) is 22.5 Å². The summed E-state index contributed by atoms with van der Waals surface area (Å²) in [5, 5.41) is 15.9. The molecule has 0 aliphatic carbocycles. The van der Waals surface area contributed by atoms with Gasteiger partial charge in [0.05, 0.1) is 17.8 Å². The molecule has 1 saturated heterocycles. The van der Waals surface area contributed by atoms with Crippen molar-refractivity contribution < 1.29 is 19.1 Å². The number of fused-ring (bicyclic) bond motifs is 4. The molecule has 3 aliphatic heterocycles. The standard InChI is InChI=1S/C23H14N4O4/c1-3-5-14-18-12(11-16-19(14)15(6-4-2)26-27-16)7-8-17-13(18)9-10-23(31-17)20(28)24-22(30)25-21(23)29/h1-2,7-9,11H,5-6,10H2,(H2,24,25,28,29,30). The molecule has 1 spiro atoms. The normalized spacial score (nSPS) is 17.7. The SMILES string of the molecule is C#CCC1=c2c(cc3ccc4c(c3c2CC#C)=CCC2(O4)C(=O)NC(=O)NC2=O)N=N1. The molecule has 0 bridgehead atoms. The Morgan fingerprint density at radius 2 is 1.81 bits per heavy atom. The molecular formula is C23H14N4O4. The van der Waals surface area contributed by atoms with E-state index in [1.54, 1.807) is 18.2 Å². The Hall–Kier alpha value is -4.43. The largest absolute Gasteiger partial charge is 0.466 e. The third-order valence-corrected chi connectivity index (χ3v) is 5.57. The second-order valence-electron chi connectivity index (χ2n) is 7.31. The molecule has 31 heavy (non-hydrogen) atoms. The number of nitrogens with one attached hydrogen (secondary N) is 2. The van der Waals surface area contributed by atoms with Crippen LogP contribution in [0.2, 0.25) is 0 Å². The predicted molar refractivity (Wildman–Crippen MR) is 111 cm³/mol. The van der Waals surface area contributed by atoms with E-state index < -0.39 is 23.4 Å². The molecule has 4 amide bonds. The molecule has 5 rings (SSSR count). The Bertz CT molecular complexity index is 1450. The van der Waals surface area contributed by atoms with Crippen molar-refractivity contribution in [1.82, 2.24) is 10.6 Å². The van der Waals surface area contributed by atoms with Gasteiger partial charge in [-0.1, -0.05) is 12.1 Å². The molecule has 3 aliphatic rings. The second-order valence-corrected chi connectivity index (χ2v) is 7.31. The Morgan fingerprint density at radius 3 is 2.52 bits per heavy atom. The summed E-state index contributed by atoms with van der Waals surface area (Å²) >= 11 is 0. The van der Waals surface area contributed by atoms with Crippen LogP contribution in [0.1, 0.15) is 18.4 Å². The molecule has 150 valence electrons. The lowest BCUT2D eigenvalue weighted by Gasteiger charge is -2.35. The predicted octanol–water partition coefficient (Wildman–Crippen LogP) is 0.912. The number of barbiturate groups is 1. The number of imide groups is 2. The highest BCUT2D eigenvalue weighted by Gasteiger charge is 2.53. The van der Waals surface area contributed by atoms with Gasteiger partial charge < -0.3 is 4.74 Å². The van der Waals surface area contributed by atoms with Crippen LogP contribution in [-0.4, -0.2) is 23.4 Å². The summed E-state index contributed by atoms with van der Waals surface area (Å²) < 4.78 is 5.92. The number of amides is 4. The third kappa shape index (κ3) is 2.55. The zero-order valence-corrected chi connectivity index (χ0v) is 16.1. The van der Waals surface area contributed by atoms with Crippen molar-refractivity contribution in [3.05, 3.63) is 34.2 Å².